The van der Waals surface area contributed by atoms with Crippen molar-refractivity contribution in [1.29, 1.82) is 0 Å². The molecule has 7 nitrogen and oxygen atoms in total. The second-order valence-corrected chi connectivity index (χ2v) is 6.47. The number of hydrogen-bond acceptors (Lipinski definition) is 6. The number of ether oxygens (including phenoxy) is 1. The molecule has 0 unspecified atom stereocenters. The highest BCUT2D eigenvalue weighted by molar-refractivity contribution is 7.89. The third-order valence-electron chi connectivity index (χ3n) is 2.91. The first-order valence-electron chi connectivity index (χ1n) is 6.52. The van der Waals surface area contributed by atoms with E-state index in [1.54, 1.807) is 0 Å². The van der Waals surface area contributed by atoms with E-state index in [1.807, 2.05) is 6.92 Å². The Bertz CT molecular complexity index is 494. The van der Waals surface area contributed by atoms with Gasteiger partial charge in [-0.25, -0.2) is 13.1 Å². The van der Waals surface area contributed by atoms with Gasteiger partial charge in [0.25, 0.3) is 5.89 Å². The topological polar surface area (TPSA) is 94.3 Å². The number of rotatable bonds is 7. The van der Waals surface area contributed by atoms with Gasteiger partial charge >= 0.3 is 0 Å². The number of aromatic nitrogens is 2. The van der Waals surface area contributed by atoms with Gasteiger partial charge in [0.05, 0.1) is 12.3 Å². The van der Waals surface area contributed by atoms with E-state index >= 15 is 0 Å². The molecule has 0 aliphatic carbocycles. The normalized spacial score (nSPS) is 19.9. The first-order valence-corrected chi connectivity index (χ1v) is 8.17. The summed E-state index contributed by atoms with van der Waals surface area (Å²) in [6, 6.07) is 0. The van der Waals surface area contributed by atoms with Gasteiger partial charge in [0.2, 0.25) is 10.0 Å². The van der Waals surface area contributed by atoms with Gasteiger partial charge in [-0.3, -0.25) is 0 Å². The number of hydrogen-bond donors (Lipinski definition) is 1. The van der Waals surface area contributed by atoms with Crippen LogP contribution in [0, 0.1) is 0 Å². The van der Waals surface area contributed by atoms with Gasteiger partial charge in [-0.15, -0.1) is 0 Å². The van der Waals surface area contributed by atoms with Crippen LogP contribution >= 0.6 is 0 Å². The zero-order chi connectivity index (χ0) is 13.7. The predicted molar refractivity (Wildman–Crippen MR) is 67.8 cm³/mol. The van der Waals surface area contributed by atoms with Crippen molar-refractivity contribution < 1.29 is 17.7 Å². The maximum atomic E-state index is 11.6. The van der Waals surface area contributed by atoms with Gasteiger partial charge in [0, 0.05) is 6.61 Å². The third-order valence-corrected chi connectivity index (χ3v) is 4.32. The summed E-state index contributed by atoms with van der Waals surface area (Å²) in [5.41, 5.74) is 0. The van der Waals surface area contributed by atoms with Crippen molar-refractivity contribution in [1.82, 2.24) is 14.9 Å². The van der Waals surface area contributed by atoms with E-state index in [-0.39, 0.29) is 18.4 Å². The average Bonchev–Trinajstić information content (AvgIpc) is 3.04. The molecule has 1 aliphatic heterocycles. The zero-order valence-corrected chi connectivity index (χ0v) is 11.8. The Kier molecular flexibility index (Phi) is 4.89. The van der Waals surface area contributed by atoms with Crippen LogP contribution in [0.3, 0.4) is 0 Å². The number of unbranched alkanes of at least 4 members (excludes halogenated alkanes) is 1. The van der Waals surface area contributed by atoms with E-state index in [4.69, 9.17) is 9.26 Å². The molecule has 1 atom stereocenters. The fourth-order valence-electron chi connectivity index (χ4n) is 1.82. The van der Waals surface area contributed by atoms with Crippen molar-refractivity contribution >= 4 is 10.0 Å². The molecule has 0 radical (unpaired) electrons. The SMILES string of the molecule is CCCCS(=O)(=O)NCc1noc([C@H]2CCCO2)n1. The second kappa shape index (κ2) is 6.44. The van der Waals surface area contributed by atoms with Crippen LogP contribution in [0.1, 0.15) is 50.4 Å². The lowest BCUT2D eigenvalue weighted by Crippen LogP contribution is -2.26. The van der Waals surface area contributed by atoms with Gasteiger partial charge in [-0.2, -0.15) is 4.98 Å². The minimum absolute atomic E-state index is 0.0578. The minimum Gasteiger partial charge on any atom is -0.368 e. The molecule has 2 rings (SSSR count). The maximum Gasteiger partial charge on any atom is 0.255 e. The van der Waals surface area contributed by atoms with Crippen LogP contribution in [0.15, 0.2) is 4.52 Å². The molecule has 1 N–H and O–H groups in total. The lowest BCUT2D eigenvalue weighted by atomic mass is 10.2. The Balaban J connectivity index is 1.86. The zero-order valence-electron chi connectivity index (χ0n) is 11.0. The molecule has 2 heterocycles. The average molecular weight is 289 g/mol. The molecule has 8 heteroatoms. The van der Waals surface area contributed by atoms with Crippen molar-refractivity contribution in [3.63, 3.8) is 0 Å². The maximum absolute atomic E-state index is 11.6. The minimum atomic E-state index is -3.25. The van der Waals surface area contributed by atoms with E-state index in [9.17, 15) is 8.42 Å². The van der Waals surface area contributed by atoms with Crippen LogP contribution in [-0.2, 0) is 21.3 Å². The van der Waals surface area contributed by atoms with Crippen LogP contribution in [0.2, 0.25) is 0 Å². The Morgan fingerprint density at radius 1 is 1.47 bits per heavy atom. The summed E-state index contributed by atoms with van der Waals surface area (Å²) in [5.74, 6) is 0.894. The van der Waals surface area contributed by atoms with Gasteiger partial charge in [0.1, 0.15) is 6.10 Å². The Morgan fingerprint density at radius 2 is 2.32 bits per heavy atom. The second-order valence-electron chi connectivity index (χ2n) is 4.54. The first kappa shape index (κ1) is 14.4. The summed E-state index contributed by atoms with van der Waals surface area (Å²) in [6.45, 7) is 2.71. The van der Waals surface area contributed by atoms with E-state index in [0.717, 1.165) is 19.3 Å². The fourth-order valence-corrected chi connectivity index (χ4v) is 2.99. The Morgan fingerprint density at radius 3 is 3.00 bits per heavy atom. The van der Waals surface area contributed by atoms with Crippen LogP contribution in [-0.4, -0.2) is 30.9 Å². The highest BCUT2D eigenvalue weighted by Gasteiger charge is 2.24. The molecule has 0 saturated carbocycles. The molecule has 0 spiro atoms. The molecule has 108 valence electrons. The molecular formula is C11H19N3O4S. The van der Waals surface area contributed by atoms with E-state index in [0.29, 0.717) is 24.7 Å². The summed E-state index contributed by atoms with van der Waals surface area (Å²) < 4.78 is 36.2. The van der Waals surface area contributed by atoms with Crippen molar-refractivity contribution in [3.8, 4) is 0 Å². The van der Waals surface area contributed by atoms with Gasteiger partial charge in [-0.1, -0.05) is 18.5 Å². The first-order chi connectivity index (χ1) is 9.11. The van der Waals surface area contributed by atoms with Crippen LogP contribution in [0.4, 0.5) is 0 Å². The summed E-state index contributed by atoms with van der Waals surface area (Å²) in [4.78, 5) is 4.15. The van der Waals surface area contributed by atoms with Gasteiger partial charge in [0.15, 0.2) is 5.82 Å². The number of nitrogens with zero attached hydrogens (tertiary/aromatic N) is 2. The van der Waals surface area contributed by atoms with Crippen LogP contribution < -0.4 is 4.72 Å². The standard InChI is InChI=1S/C11H19N3O4S/c1-2-3-7-19(15,16)12-8-10-13-11(18-14-10)9-5-4-6-17-9/h9,12H,2-8H2,1H3/t9-/m1/s1. The predicted octanol–water partition coefficient (Wildman–Crippen LogP) is 1.14. The highest BCUT2D eigenvalue weighted by atomic mass is 32.2. The molecular weight excluding hydrogens is 270 g/mol. The quantitative estimate of drug-likeness (QED) is 0.809. The van der Waals surface area contributed by atoms with Crippen LogP contribution in [0.5, 0.6) is 0 Å². The lowest BCUT2D eigenvalue weighted by molar-refractivity contribution is 0.0835. The third kappa shape index (κ3) is 4.26. The van der Waals surface area contributed by atoms with Crippen molar-refractivity contribution in [2.75, 3.05) is 12.4 Å². The smallest absolute Gasteiger partial charge is 0.255 e. The fraction of sp³-hybridized carbons (Fsp3) is 0.818. The summed E-state index contributed by atoms with van der Waals surface area (Å²) >= 11 is 0. The summed E-state index contributed by atoms with van der Waals surface area (Å²) in [5, 5.41) is 3.75. The lowest BCUT2D eigenvalue weighted by Gasteiger charge is -2.03. The molecule has 0 aromatic carbocycles. The Labute approximate surface area is 112 Å². The molecule has 0 amide bonds. The molecule has 0 bridgehead atoms. The van der Waals surface area contributed by atoms with E-state index < -0.39 is 10.0 Å². The molecule has 1 aliphatic rings. The van der Waals surface area contributed by atoms with Crippen molar-refractivity contribution in [3.05, 3.63) is 11.7 Å². The molecule has 1 saturated heterocycles. The Hall–Kier alpha value is -0.990. The van der Waals surface area contributed by atoms with Gasteiger partial charge in [-0.05, 0) is 19.3 Å². The molecule has 1 fully saturated rings. The largest absolute Gasteiger partial charge is 0.368 e. The molecule has 19 heavy (non-hydrogen) atoms. The van der Waals surface area contributed by atoms with Gasteiger partial charge < -0.3 is 9.26 Å². The van der Waals surface area contributed by atoms with E-state index in [2.05, 4.69) is 14.9 Å². The molecule has 1 aromatic heterocycles. The van der Waals surface area contributed by atoms with Crippen molar-refractivity contribution in [2.45, 2.75) is 45.3 Å². The number of sulfonamides is 1. The van der Waals surface area contributed by atoms with Crippen LogP contribution in [0.25, 0.3) is 0 Å². The molecule has 1 aromatic rings. The summed E-state index contributed by atoms with van der Waals surface area (Å²) in [6.07, 6.45) is 3.18. The monoisotopic (exact) mass is 289 g/mol. The van der Waals surface area contributed by atoms with Crippen molar-refractivity contribution in [2.24, 2.45) is 0 Å². The number of nitrogens with one attached hydrogen (secondary N) is 1. The summed E-state index contributed by atoms with van der Waals surface area (Å²) in [7, 11) is -3.25. The van der Waals surface area contributed by atoms with E-state index in [1.165, 1.54) is 0 Å². The highest BCUT2D eigenvalue weighted by Crippen LogP contribution is 2.26.